The molecule has 1 amide bonds. The summed E-state index contributed by atoms with van der Waals surface area (Å²) < 4.78 is 7.65. The Hall–Kier alpha value is -2.48. The highest BCUT2D eigenvalue weighted by Gasteiger charge is 2.28. The van der Waals surface area contributed by atoms with Crippen LogP contribution in [0.5, 0.6) is 0 Å². The maximum atomic E-state index is 12.6. The van der Waals surface area contributed by atoms with E-state index < -0.39 is 0 Å². The van der Waals surface area contributed by atoms with Crippen LogP contribution in [0.1, 0.15) is 29.5 Å². The standard InChI is InChI=1S/C17H24N6O2/c1-12-13(10-21-22(12)3)4-5-15(24)23-8-9-25-14(11-23)16-17(18-2)20-7-6-19-16/h6-7,10,14H,4-5,8-9,11H2,1-3H3,(H,18,20)/t14-/m0/s1. The van der Waals surface area contributed by atoms with Crippen molar-refractivity contribution in [1.29, 1.82) is 0 Å². The van der Waals surface area contributed by atoms with E-state index in [-0.39, 0.29) is 12.0 Å². The van der Waals surface area contributed by atoms with Crippen LogP contribution in [0.25, 0.3) is 0 Å². The smallest absolute Gasteiger partial charge is 0.223 e. The average Bonchev–Trinajstić information content (AvgIpc) is 2.98. The lowest BCUT2D eigenvalue weighted by molar-refractivity contribution is -0.139. The predicted octanol–water partition coefficient (Wildman–Crippen LogP) is 1.09. The molecule has 25 heavy (non-hydrogen) atoms. The molecule has 1 saturated heterocycles. The van der Waals surface area contributed by atoms with Gasteiger partial charge in [0, 0.05) is 45.1 Å². The number of rotatable bonds is 5. The molecule has 2 aromatic heterocycles. The van der Waals surface area contributed by atoms with Crippen molar-refractivity contribution >= 4 is 11.7 Å². The van der Waals surface area contributed by atoms with Crippen LogP contribution in [-0.2, 0) is 23.0 Å². The Morgan fingerprint density at radius 3 is 2.92 bits per heavy atom. The molecule has 0 saturated carbocycles. The Kier molecular flexibility index (Phi) is 5.28. The first-order valence-electron chi connectivity index (χ1n) is 8.45. The van der Waals surface area contributed by atoms with Crippen LogP contribution in [0.3, 0.4) is 0 Å². The van der Waals surface area contributed by atoms with E-state index in [1.807, 2.05) is 29.7 Å². The van der Waals surface area contributed by atoms with E-state index in [0.717, 1.165) is 17.0 Å². The SMILES string of the molecule is CNc1nccnc1[C@@H]1CN(C(=O)CCc2cnn(C)c2C)CCO1. The third-order valence-corrected chi connectivity index (χ3v) is 4.63. The van der Waals surface area contributed by atoms with Crippen LogP contribution in [0.2, 0.25) is 0 Å². The molecular weight excluding hydrogens is 320 g/mol. The molecule has 1 atom stereocenters. The number of hydrogen-bond donors (Lipinski definition) is 1. The highest BCUT2D eigenvalue weighted by molar-refractivity contribution is 5.76. The summed E-state index contributed by atoms with van der Waals surface area (Å²) >= 11 is 0. The Morgan fingerprint density at radius 1 is 1.40 bits per heavy atom. The summed E-state index contributed by atoms with van der Waals surface area (Å²) in [7, 11) is 3.71. The van der Waals surface area contributed by atoms with Crippen molar-refractivity contribution in [3.8, 4) is 0 Å². The van der Waals surface area contributed by atoms with Crippen LogP contribution in [-0.4, -0.2) is 57.3 Å². The van der Waals surface area contributed by atoms with Gasteiger partial charge in [0.1, 0.15) is 17.6 Å². The summed E-state index contributed by atoms with van der Waals surface area (Å²) in [5, 5.41) is 7.25. The zero-order valence-corrected chi connectivity index (χ0v) is 14.9. The van der Waals surface area contributed by atoms with Crippen LogP contribution < -0.4 is 5.32 Å². The Bertz CT molecular complexity index is 744. The lowest BCUT2D eigenvalue weighted by Gasteiger charge is -2.33. The number of nitrogens with one attached hydrogen (secondary N) is 1. The fourth-order valence-corrected chi connectivity index (χ4v) is 3.01. The van der Waals surface area contributed by atoms with Crippen molar-refractivity contribution in [2.24, 2.45) is 7.05 Å². The molecule has 0 unspecified atom stereocenters. The summed E-state index contributed by atoms with van der Waals surface area (Å²) in [6.45, 7) is 3.63. The first-order valence-corrected chi connectivity index (χ1v) is 8.45. The average molecular weight is 344 g/mol. The number of carbonyl (C=O) groups is 1. The zero-order valence-electron chi connectivity index (χ0n) is 14.9. The van der Waals surface area contributed by atoms with Gasteiger partial charge < -0.3 is 15.0 Å². The summed E-state index contributed by atoms with van der Waals surface area (Å²) in [5.74, 6) is 0.819. The second kappa shape index (κ2) is 7.60. The second-order valence-corrected chi connectivity index (χ2v) is 6.12. The van der Waals surface area contributed by atoms with E-state index in [9.17, 15) is 4.79 Å². The van der Waals surface area contributed by atoms with Gasteiger partial charge in [-0.3, -0.25) is 14.5 Å². The zero-order chi connectivity index (χ0) is 17.8. The van der Waals surface area contributed by atoms with Gasteiger partial charge in [0.25, 0.3) is 0 Å². The number of hydrogen-bond acceptors (Lipinski definition) is 6. The van der Waals surface area contributed by atoms with E-state index in [2.05, 4.69) is 20.4 Å². The molecule has 0 aliphatic carbocycles. The maximum absolute atomic E-state index is 12.6. The van der Waals surface area contributed by atoms with Crippen LogP contribution in [0.4, 0.5) is 5.82 Å². The van der Waals surface area contributed by atoms with Crippen molar-refractivity contribution in [3.63, 3.8) is 0 Å². The van der Waals surface area contributed by atoms with Gasteiger partial charge >= 0.3 is 0 Å². The van der Waals surface area contributed by atoms with E-state index >= 15 is 0 Å². The van der Waals surface area contributed by atoms with Gasteiger partial charge in [-0.2, -0.15) is 5.10 Å². The monoisotopic (exact) mass is 344 g/mol. The molecule has 1 N–H and O–H groups in total. The molecule has 134 valence electrons. The normalized spacial score (nSPS) is 17.6. The molecule has 0 aromatic carbocycles. The molecule has 2 aromatic rings. The third-order valence-electron chi connectivity index (χ3n) is 4.63. The van der Waals surface area contributed by atoms with Crippen LogP contribution >= 0.6 is 0 Å². The molecule has 0 radical (unpaired) electrons. The molecule has 8 heteroatoms. The lowest BCUT2D eigenvalue weighted by Crippen LogP contribution is -2.42. The molecule has 3 rings (SSSR count). The number of carbonyl (C=O) groups excluding carboxylic acids is 1. The minimum atomic E-state index is -0.256. The van der Waals surface area contributed by atoms with Gasteiger partial charge in [-0.1, -0.05) is 0 Å². The second-order valence-electron chi connectivity index (χ2n) is 6.12. The number of amides is 1. The molecule has 3 heterocycles. The number of morpholine rings is 1. The minimum absolute atomic E-state index is 0.131. The van der Waals surface area contributed by atoms with Crippen molar-refractivity contribution in [2.45, 2.75) is 25.9 Å². The first kappa shape index (κ1) is 17.3. The van der Waals surface area contributed by atoms with Crippen molar-refractivity contribution in [2.75, 3.05) is 32.1 Å². The molecule has 0 spiro atoms. The van der Waals surface area contributed by atoms with Crippen LogP contribution in [0.15, 0.2) is 18.6 Å². The Morgan fingerprint density at radius 2 is 2.20 bits per heavy atom. The van der Waals surface area contributed by atoms with Gasteiger partial charge in [-0.05, 0) is 18.9 Å². The molecule has 1 fully saturated rings. The van der Waals surface area contributed by atoms with E-state index in [1.165, 1.54) is 0 Å². The maximum Gasteiger partial charge on any atom is 0.223 e. The third kappa shape index (κ3) is 3.79. The molecule has 1 aliphatic rings. The van der Waals surface area contributed by atoms with Gasteiger partial charge in [0.15, 0.2) is 0 Å². The molecule has 8 nitrogen and oxygen atoms in total. The fraction of sp³-hybridized carbons (Fsp3) is 0.529. The predicted molar refractivity (Wildman–Crippen MR) is 93.1 cm³/mol. The number of aryl methyl sites for hydroxylation is 2. The van der Waals surface area contributed by atoms with Crippen molar-refractivity contribution in [1.82, 2.24) is 24.6 Å². The largest absolute Gasteiger partial charge is 0.372 e. The lowest BCUT2D eigenvalue weighted by atomic mass is 10.1. The summed E-state index contributed by atoms with van der Waals surface area (Å²) in [6, 6.07) is 0. The minimum Gasteiger partial charge on any atom is -0.372 e. The fourth-order valence-electron chi connectivity index (χ4n) is 3.01. The number of anilines is 1. The Labute approximate surface area is 147 Å². The van der Waals surface area contributed by atoms with Crippen LogP contribution in [0, 0.1) is 6.92 Å². The highest BCUT2D eigenvalue weighted by atomic mass is 16.5. The van der Waals surface area contributed by atoms with Crippen molar-refractivity contribution in [3.05, 3.63) is 35.5 Å². The summed E-state index contributed by atoms with van der Waals surface area (Å²) in [5.41, 5.74) is 2.96. The number of ether oxygens (including phenoxy) is 1. The van der Waals surface area contributed by atoms with Crippen molar-refractivity contribution < 1.29 is 9.53 Å². The van der Waals surface area contributed by atoms with E-state index in [4.69, 9.17) is 4.74 Å². The topological polar surface area (TPSA) is 85.2 Å². The summed E-state index contributed by atoms with van der Waals surface area (Å²) in [6.07, 6.45) is 6.03. The molecule has 1 aliphatic heterocycles. The number of aromatic nitrogens is 4. The number of nitrogens with zero attached hydrogens (tertiary/aromatic N) is 5. The Balaban J connectivity index is 1.62. The van der Waals surface area contributed by atoms with Gasteiger partial charge in [0.05, 0.1) is 19.3 Å². The van der Waals surface area contributed by atoms with E-state index in [1.54, 1.807) is 19.4 Å². The quantitative estimate of drug-likeness (QED) is 0.874. The molecular formula is C17H24N6O2. The first-order chi connectivity index (χ1) is 12.1. The molecule has 0 bridgehead atoms. The van der Waals surface area contributed by atoms with Gasteiger partial charge in [-0.15, -0.1) is 0 Å². The van der Waals surface area contributed by atoms with Gasteiger partial charge in [-0.25, -0.2) is 4.98 Å². The summed E-state index contributed by atoms with van der Waals surface area (Å²) in [4.78, 5) is 23.1. The van der Waals surface area contributed by atoms with Gasteiger partial charge in [0.2, 0.25) is 5.91 Å². The highest BCUT2D eigenvalue weighted by Crippen LogP contribution is 2.25. The van der Waals surface area contributed by atoms with E-state index in [0.29, 0.717) is 38.4 Å².